The second-order valence-electron chi connectivity index (χ2n) is 5.09. The molecular formula is C14H23FN2O. The summed E-state index contributed by atoms with van der Waals surface area (Å²) in [5.74, 6) is 0.805. The third kappa shape index (κ3) is 4.09. The number of hydrogen-bond acceptors (Lipinski definition) is 3. The quantitative estimate of drug-likeness (QED) is 0.762. The van der Waals surface area contributed by atoms with E-state index in [0.717, 1.165) is 12.8 Å². The van der Waals surface area contributed by atoms with Crippen LogP contribution < -0.4 is 15.8 Å². The number of methoxy groups -OCH3 is 1. The fourth-order valence-corrected chi connectivity index (χ4v) is 1.78. The van der Waals surface area contributed by atoms with Crippen LogP contribution in [0.5, 0.6) is 5.75 Å². The van der Waals surface area contributed by atoms with Crippen molar-refractivity contribution >= 4 is 11.4 Å². The highest BCUT2D eigenvalue weighted by Crippen LogP contribution is 2.29. The molecule has 1 aromatic rings. The second-order valence-corrected chi connectivity index (χ2v) is 5.09. The zero-order chi connectivity index (χ0) is 13.7. The lowest BCUT2D eigenvalue weighted by Gasteiger charge is -2.18. The van der Waals surface area contributed by atoms with Crippen LogP contribution in [0.15, 0.2) is 12.1 Å². The summed E-state index contributed by atoms with van der Waals surface area (Å²) in [5, 5.41) is 3.16. The number of benzene rings is 1. The van der Waals surface area contributed by atoms with Crippen molar-refractivity contribution in [1.82, 2.24) is 0 Å². The van der Waals surface area contributed by atoms with Crippen LogP contribution in [-0.4, -0.2) is 13.2 Å². The zero-order valence-corrected chi connectivity index (χ0v) is 11.6. The lowest BCUT2D eigenvalue weighted by molar-refractivity contribution is 0.416. The minimum absolute atomic E-state index is 0.218. The molecule has 18 heavy (non-hydrogen) atoms. The Morgan fingerprint density at radius 1 is 1.28 bits per heavy atom. The number of nitrogens with one attached hydrogen (secondary N) is 1. The largest absolute Gasteiger partial charge is 0.495 e. The summed E-state index contributed by atoms with van der Waals surface area (Å²) in [4.78, 5) is 0. The van der Waals surface area contributed by atoms with E-state index in [1.165, 1.54) is 13.2 Å². The summed E-state index contributed by atoms with van der Waals surface area (Å²) < 4.78 is 18.8. The predicted molar refractivity (Wildman–Crippen MR) is 74.5 cm³/mol. The Balaban J connectivity index is 2.71. The molecule has 3 N–H and O–H groups in total. The molecule has 1 aromatic carbocycles. The van der Waals surface area contributed by atoms with E-state index < -0.39 is 0 Å². The Morgan fingerprint density at radius 3 is 2.50 bits per heavy atom. The molecule has 0 radical (unpaired) electrons. The van der Waals surface area contributed by atoms with Crippen molar-refractivity contribution < 1.29 is 9.13 Å². The maximum atomic E-state index is 13.7. The van der Waals surface area contributed by atoms with Gasteiger partial charge in [-0.15, -0.1) is 0 Å². The molecule has 1 unspecified atom stereocenters. The van der Waals surface area contributed by atoms with Crippen molar-refractivity contribution in [2.24, 2.45) is 5.92 Å². The van der Waals surface area contributed by atoms with Gasteiger partial charge in [0.15, 0.2) is 0 Å². The molecule has 0 aromatic heterocycles. The summed E-state index contributed by atoms with van der Waals surface area (Å²) in [7, 11) is 1.52. The monoisotopic (exact) mass is 254 g/mol. The molecule has 0 bridgehead atoms. The van der Waals surface area contributed by atoms with Gasteiger partial charge in [-0.2, -0.15) is 0 Å². The van der Waals surface area contributed by atoms with Crippen LogP contribution in [0, 0.1) is 11.7 Å². The molecule has 1 atom stereocenters. The van der Waals surface area contributed by atoms with E-state index in [1.807, 2.05) is 6.92 Å². The van der Waals surface area contributed by atoms with Gasteiger partial charge in [0.2, 0.25) is 0 Å². The highest BCUT2D eigenvalue weighted by Gasteiger charge is 2.11. The molecule has 0 amide bonds. The third-order valence-corrected chi connectivity index (χ3v) is 2.90. The zero-order valence-electron chi connectivity index (χ0n) is 11.6. The van der Waals surface area contributed by atoms with Gasteiger partial charge in [0.1, 0.15) is 11.6 Å². The van der Waals surface area contributed by atoms with E-state index in [-0.39, 0.29) is 11.9 Å². The van der Waals surface area contributed by atoms with E-state index in [4.69, 9.17) is 10.5 Å². The number of anilines is 2. The minimum Gasteiger partial charge on any atom is -0.495 e. The van der Waals surface area contributed by atoms with Gasteiger partial charge in [-0.3, -0.25) is 0 Å². The van der Waals surface area contributed by atoms with Crippen LogP contribution in [-0.2, 0) is 0 Å². The van der Waals surface area contributed by atoms with Crippen LogP contribution in [0.25, 0.3) is 0 Å². The Bertz CT molecular complexity index is 394. The van der Waals surface area contributed by atoms with Gasteiger partial charge < -0.3 is 15.8 Å². The second kappa shape index (κ2) is 6.47. The first-order valence-corrected chi connectivity index (χ1v) is 6.33. The molecule has 0 fully saturated rings. The first-order chi connectivity index (χ1) is 8.43. The van der Waals surface area contributed by atoms with Crippen molar-refractivity contribution in [3.63, 3.8) is 0 Å². The molecule has 1 rings (SSSR count). The van der Waals surface area contributed by atoms with Gasteiger partial charge in [0.25, 0.3) is 0 Å². The average Bonchev–Trinajstić information content (AvgIpc) is 2.30. The number of rotatable bonds is 6. The fraction of sp³-hybridized carbons (Fsp3) is 0.571. The number of nitrogen functional groups attached to an aromatic ring is 1. The van der Waals surface area contributed by atoms with Gasteiger partial charge >= 0.3 is 0 Å². The van der Waals surface area contributed by atoms with Crippen LogP contribution in [0.3, 0.4) is 0 Å². The van der Waals surface area contributed by atoms with Crippen LogP contribution in [0.4, 0.5) is 15.8 Å². The van der Waals surface area contributed by atoms with Crippen molar-refractivity contribution in [1.29, 1.82) is 0 Å². The SMILES string of the molecule is COc1cc(NC(C)CCC(C)C)c(F)cc1N. The summed E-state index contributed by atoms with van der Waals surface area (Å²) >= 11 is 0. The van der Waals surface area contributed by atoms with E-state index in [0.29, 0.717) is 23.0 Å². The van der Waals surface area contributed by atoms with Crippen molar-refractivity contribution in [3.8, 4) is 5.75 Å². The van der Waals surface area contributed by atoms with Crippen LogP contribution >= 0.6 is 0 Å². The molecule has 0 saturated carbocycles. The van der Waals surface area contributed by atoms with E-state index >= 15 is 0 Å². The Kier molecular flexibility index (Phi) is 5.25. The third-order valence-electron chi connectivity index (χ3n) is 2.90. The van der Waals surface area contributed by atoms with Crippen molar-refractivity contribution in [2.75, 3.05) is 18.2 Å². The summed E-state index contributed by atoms with van der Waals surface area (Å²) in [6.07, 6.45) is 2.12. The highest BCUT2D eigenvalue weighted by atomic mass is 19.1. The number of halogens is 1. The average molecular weight is 254 g/mol. The molecule has 0 aliphatic rings. The van der Waals surface area contributed by atoms with Crippen molar-refractivity contribution in [3.05, 3.63) is 17.9 Å². The van der Waals surface area contributed by atoms with Crippen molar-refractivity contribution in [2.45, 2.75) is 39.7 Å². The summed E-state index contributed by atoms with van der Waals surface area (Å²) in [6.45, 7) is 6.41. The van der Waals surface area contributed by atoms with Gasteiger partial charge in [-0.05, 0) is 25.7 Å². The molecule has 0 aliphatic carbocycles. The van der Waals surface area contributed by atoms with E-state index in [1.54, 1.807) is 6.07 Å². The molecule has 0 spiro atoms. The standard InChI is InChI=1S/C14H23FN2O/c1-9(2)5-6-10(3)17-13-8-14(18-4)12(16)7-11(13)15/h7-10,17H,5-6,16H2,1-4H3. The fourth-order valence-electron chi connectivity index (χ4n) is 1.78. The van der Waals surface area contributed by atoms with Crippen LogP contribution in [0.2, 0.25) is 0 Å². The maximum Gasteiger partial charge on any atom is 0.148 e. The topological polar surface area (TPSA) is 47.3 Å². The van der Waals surface area contributed by atoms with Gasteiger partial charge in [0, 0.05) is 18.2 Å². The Morgan fingerprint density at radius 2 is 1.94 bits per heavy atom. The van der Waals surface area contributed by atoms with Gasteiger partial charge in [-0.25, -0.2) is 4.39 Å². The maximum absolute atomic E-state index is 13.7. The molecule has 0 aliphatic heterocycles. The van der Waals surface area contributed by atoms with Gasteiger partial charge in [0.05, 0.1) is 18.5 Å². The summed E-state index contributed by atoms with van der Waals surface area (Å²) in [6, 6.07) is 3.11. The normalized spacial score (nSPS) is 12.6. The van der Waals surface area contributed by atoms with E-state index in [9.17, 15) is 4.39 Å². The lowest BCUT2D eigenvalue weighted by atomic mass is 10.0. The predicted octanol–water partition coefficient (Wildman–Crippen LogP) is 3.65. The number of ether oxygens (including phenoxy) is 1. The van der Waals surface area contributed by atoms with Crippen LogP contribution in [0.1, 0.15) is 33.6 Å². The summed E-state index contributed by atoms with van der Waals surface area (Å²) in [5.41, 5.74) is 6.39. The van der Waals surface area contributed by atoms with E-state index in [2.05, 4.69) is 19.2 Å². The minimum atomic E-state index is -0.343. The molecule has 0 saturated heterocycles. The molecular weight excluding hydrogens is 231 g/mol. The first-order valence-electron chi connectivity index (χ1n) is 6.33. The highest BCUT2D eigenvalue weighted by molar-refractivity contribution is 5.62. The number of hydrogen-bond donors (Lipinski definition) is 2. The number of nitrogens with two attached hydrogens (primary N) is 1. The molecule has 4 heteroatoms. The molecule has 0 heterocycles. The first kappa shape index (κ1) is 14.6. The molecule has 102 valence electrons. The Hall–Kier alpha value is -1.45. The molecule has 3 nitrogen and oxygen atoms in total. The van der Waals surface area contributed by atoms with Gasteiger partial charge in [-0.1, -0.05) is 13.8 Å². The smallest absolute Gasteiger partial charge is 0.148 e. The lowest BCUT2D eigenvalue weighted by Crippen LogP contribution is -2.17. The Labute approximate surface area is 109 Å².